The maximum absolute atomic E-state index is 12.6. The molecule has 2 atom stereocenters. The fourth-order valence-electron chi connectivity index (χ4n) is 4.34. The first-order valence-corrected chi connectivity index (χ1v) is 9.51. The molecule has 3 aliphatic heterocycles. The molecule has 5 nitrogen and oxygen atoms in total. The number of rotatable bonds is 5. The summed E-state index contributed by atoms with van der Waals surface area (Å²) in [4.78, 5) is 17.2. The highest BCUT2D eigenvalue weighted by atomic mass is 16.5. The first-order chi connectivity index (χ1) is 11.2. The summed E-state index contributed by atoms with van der Waals surface area (Å²) in [5.74, 6) is 2.31. The lowest BCUT2D eigenvalue weighted by molar-refractivity contribution is -0.131. The molecule has 1 N–H and O–H groups in total. The smallest absolute Gasteiger partial charge is 0.222 e. The molecule has 3 heterocycles. The van der Waals surface area contributed by atoms with Crippen molar-refractivity contribution in [1.29, 1.82) is 0 Å². The number of piperidine rings is 1. The first-order valence-electron chi connectivity index (χ1n) is 9.51. The number of likely N-dealkylation sites (tertiary alicyclic amines) is 1. The lowest BCUT2D eigenvalue weighted by atomic mass is 9.84. The summed E-state index contributed by atoms with van der Waals surface area (Å²) in [7, 11) is 0. The van der Waals surface area contributed by atoms with Crippen molar-refractivity contribution in [2.45, 2.75) is 32.6 Å². The van der Waals surface area contributed by atoms with Crippen LogP contribution < -0.4 is 5.32 Å². The summed E-state index contributed by atoms with van der Waals surface area (Å²) < 4.78 is 5.41. The Bertz CT molecular complexity index is 378. The molecule has 0 aromatic heterocycles. The summed E-state index contributed by atoms with van der Waals surface area (Å²) in [5, 5.41) is 3.41. The second kappa shape index (κ2) is 8.45. The van der Waals surface area contributed by atoms with Crippen LogP contribution in [0, 0.1) is 17.8 Å². The van der Waals surface area contributed by atoms with Crippen molar-refractivity contribution in [3.63, 3.8) is 0 Å². The van der Waals surface area contributed by atoms with Crippen LogP contribution in [0.15, 0.2) is 0 Å². The molecular weight excluding hydrogens is 290 g/mol. The Balaban J connectivity index is 1.39. The van der Waals surface area contributed by atoms with Crippen molar-refractivity contribution in [3.05, 3.63) is 0 Å². The van der Waals surface area contributed by atoms with Gasteiger partial charge >= 0.3 is 0 Å². The van der Waals surface area contributed by atoms with E-state index in [1.807, 2.05) is 0 Å². The molecule has 3 rings (SSSR count). The fraction of sp³-hybridized carbons (Fsp3) is 0.944. The predicted molar refractivity (Wildman–Crippen MR) is 91.3 cm³/mol. The van der Waals surface area contributed by atoms with Gasteiger partial charge in [0.15, 0.2) is 0 Å². The Morgan fingerprint density at radius 2 is 1.91 bits per heavy atom. The Morgan fingerprint density at radius 1 is 1.17 bits per heavy atom. The van der Waals surface area contributed by atoms with E-state index in [-0.39, 0.29) is 0 Å². The number of amides is 1. The van der Waals surface area contributed by atoms with Gasteiger partial charge in [0.2, 0.25) is 5.91 Å². The van der Waals surface area contributed by atoms with Crippen LogP contribution in [0.25, 0.3) is 0 Å². The van der Waals surface area contributed by atoms with E-state index < -0.39 is 0 Å². The molecule has 3 aliphatic rings. The third-order valence-corrected chi connectivity index (χ3v) is 5.94. The molecule has 2 unspecified atom stereocenters. The van der Waals surface area contributed by atoms with Crippen molar-refractivity contribution in [2.75, 3.05) is 59.0 Å². The number of hydrogen-bond acceptors (Lipinski definition) is 4. The Labute approximate surface area is 140 Å². The standard InChI is InChI=1S/C18H33N3O2/c1-15(17-2-5-19-6-3-17)12-18(22)21-7-4-16(14-21)13-20-8-10-23-11-9-20/h15-17,19H,2-14H2,1H3. The highest BCUT2D eigenvalue weighted by Gasteiger charge is 2.30. The molecule has 23 heavy (non-hydrogen) atoms. The number of ether oxygens (including phenoxy) is 1. The SMILES string of the molecule is CC(CC(=O)N1CCC(CN2CCOCC2)C1)C1CCNCC1. The second-order valence-corrected chi connectivity index (χ2v) is 7.68. The van der Waals surface area contributed by atoms with Gasteiger partial charge < -0.3 is 15.0 Å². The molecule has 132 valence electrons. The zero-order valence-corrected chi connectivity index (χ0v) is 14.6. The zero-order chi connectivity index (χ0) is 16.1. The summed E-state index contributed by atoms with van der Waals surface area (Å²) in [5.41, 5.74) is 0. The van der Waals surface area contributed by atoms with Crippen molar-refractivity contribution in [1.82, 2.24) is 15.1 Å². The average molecular weight is 323 g/mol. The lowest BCUT2D eigenvalue weighted by Gasteiger charge is -2.30. The van der Waals surface area contributed by atoms with E-state index in [1.165, 1.54) is 19.3 Å². The van der Waals surface area contributed by atoms with Gasteiger partial charge in [-0.15, -0.1) is 0 Å². The number of nitrogens with one attached hydrogen (secondary N) is 1. The first kappa shape index (κ1) is 17.2. The Morgan fingerprint density at radius 3 is 2.65 bits per heavy atom. The predicted octanol–water partition coefficient (Wildman–Crippen LogP) is 1.19. The second-order valence-electron chi connectivity index (χ2n) is 7.68. The Hall–Kier alpha value is -0.650. The highest BCUT2D eigenvalue weighted by molar-refractivity contribution is 5.76. The Kier molecular flexibility index (Phi) is 6.31. The van der Waals surface area contributed by atoms with Gasteiger partial charge in [-0.3, -0.25) is 9.69 Å². The summed E-state index contributed by atoms with van der Waals surface area (Å²) in [6, 6.07) is 0. The van der Waals surface area contributed by atoms with Crippen LogP contribution >= 0.6 is 0 Å². The zero-order valence-electron chi connectivity index (χ0n) is 14.6. The van der Waals surface area contributed by atoms with E-state index in [4.69, 9.17) is 4.74 Å². The molecule has 0 aromatic rings. The summed E-state index contributed by atoms with van der Waals surface area (Å²) in [6.07, 6.45) is 4.38. The van der Waals surface area contributed by atoms with Crippen LogP contribution in [-0.4, -0.2) is 74.7 Å². The van der Waals surface area contributed by atoms with E-state index >= 15 is 0 Å². The summed E-state index contributed by atoms with van der Waals surface area (Å²) >= 11 is 0. The average Bonchev–Trinajstić information content (AvgIpc) is 3.05. The van der Waals surface area contributed by atoms with Crippen LogP contribution in [0.4, 0.5) is 0 Å². The molecular formula is C18H33N3O2. The van der Waals surface area contributed by atoms with Crippen LogP contribution in [0.1, 0.15) is 32.6 Å². The number of carbonyl (C=O) groups excluding carboxylic acids is 1. The molecule has 1 amide bonds. The molecule has 5 heteroatoms. The molecule has 0 radical (unpaired) electrons. The van der Waals surface area contributed by atoms with Crippen molar-refractivity contribution < 1.29 is 9.53 Å². The normalized spacial score (nSPS) is 28.9. The molecule has 0 aliphatic carbocycles. The minimum Gasteiger partial charge on any atom is -0.379 e. The van der Waals surface area contributed by atoms with Crippen molar-refractivity contribution in [3.8, 4) is 0 Å². The van der Waals surface area contributed by atoms with Crippen LogP contribution in [0.3, 0.4) is 0 Å². The van der Waals surface area contributed by atoms with Gasteiger partial charge in [-0.05, 0) is 50.1 Å². The number of nitrogens with zero attached hydrogens (tertiary/aromatic N) is 2. The topological polar surface area (TPSA) is 44.8 Å². The number of carbonyl (C=O) groups is 1. The van der Waals surface area contributed by atoms with Gasteiger partial charge in [0, 0.05) is 39.1 Å². The number of hydrogen-bond donors (Lipinski definition) is 1. The van der Waals surface area contributed by atoms with Gasteiger partial charge in [-0.2, -0.15) is 0 Å². The molecule has 3 fully saturated rings. The van der Waals surface area contributed by atoms with E-state index in [1.54, 1.807) is 0 Å². The monoisotopic (exact) mass is 323 g/mol. The van der Waals surface area contributed by atoms with Crippen LogP contribution in [0.2, 0.25) is 0 Å². The highest BCUT2D eigenvalue weighted by Crippen LogP contribution is 2.26. The molecule has 0 spiro atoms. The molecule has 3 saturated heterocycles. The van der Waals surface area contributed by atoms with Gasteiger partial charge in [0.25, 0.3) is 0 Å². The largest absolute Gasteiger partial charge is 0.379 e. The van der Waals surface area contributed by atoms with Crippen LogP contribution in [0.5, 0.6) is 0 Å². The van der Waals surface area contributed by atoms with Gasteiger partial charge in [-0.25, -0.2) is 0 Å². The van der Waals surface area contributed by atoms with E-state index in [0.29, 0.717) is 17.7 Å². The summed E-state index contributed by atoms with van der Waals surface area (Å²) in [6.45, 7) is 11.4. The fourth-order valence-corrected chi connectivity index (χ4v) is 4.34. The minimum absolute atomic E-state index is 0.389. The molecule has 0 aromatic carbocycles. The van der Waals surface area contributed by atoms with Gasteiger partial charge in [0.05, 0.1) is 13.2 Å². The maximum atomic E-state index is 12.6. The van der Waals surface area contributed by atoms with E-state index in [9.17, 15) is 4.79 Å². The van der Waals surface area contributed by atoms with Gasteiger partial charge in [0.1, 0.15) is 0 Å². The van der Waals surface area contributed by atoms with E-state index in [2.05, 4.69) is 22.0 Å². The molecule has 0 saturated carbocycles. The van der Waals surface area contributed by atoms with Crippen molar-refractivity contribution in [2.24, 2.45) is 17.8 Å². The quantitative estimate of drug-likeness (QED) is 0.826. The third-order valence-electron chi connectivity index (χ3n) is 5.94. The lowest BCUT2D eigenvalue weighted by Crippen LogP contribution is -2.40. The minimum atomic E-state index is 0.389. The van der Waals surface area contributed by atoms with Crippen LogP contribution in [-0.2, 0) is 9.53 Å². The molecule has 0 bridgehead atoms. The third kappa shape index (κ3) is 4.91. The van der Waals surface area contributed by atoms with Crippen molar-refractivity contribution >= 4 is 5.91 Å². The van der Waals surface area contributed by atoms with E-state index in [0.717, 1.165) is 71.4 Å². The number of morpholine rings is 1. The maximum Gasteiger partial charge on any atom is 0.222 e. The van der Waals surface area contributed by atoms with Gasteiger partial charge in [-0.1, -0.05) is 6.92 Å².